The molecule has 0 unspecified atom stereocenters. The molecule has 0 aliphatic rings. The fraction of sp³-hybridized carbons (Fsp3) is 0.211. The third-order valence-corrected chi connectivity index (χ3v) is 4.35. The van der Waals surface area contributed by atoms with Crippen LogP contribution < -0.4 is 10.1 Å². The summed E-state index contributed by atoms with van der Waals surface area (Å²) in [5.41, 5.74) is 3.62. The standard InChI is InChI=1S/C19H19ClFN3O/c1-13-18(12-22-11-14-4-3-5-17(10-14)25-2)19(20)24(23-13)16-8-6-15(21)7-9-16/h3-10,22H,11-12H2,1-2H3. The van der Waals surface area contributed by atoms with Gasteiger partial charge in [0.05, 0.1) is 18.5 Å². The number of ether oxygens (including phenoxy) is 1. The SMILES string of the molecule is COc1cccc(CNCc2c(C)nn(-c3ccc(F)cc3)c2Cl)c1. The van der Waals surface area contributed by atoms with Gasteiger partial charge in [-0.25, -0.2) is 9.07 Å². The van der Waals surface area contributed by atoms with E-state index in [1.165, 1.54) is 12.1 Å². The molecule has 25 heavy (non-hydrogen) atoms. The van der Waals surface area contributed by atoms with Crippen LogP contribution in [-0.2, 0) is 13.1 Å². The fourth-order valence-electron chi connectivity index (χ4n) is 2.60. The molecule has 1 N–H and O–H groups in total. The first-order valence-corrected chi connectivity index (χ1v) is 8.30. The third-order valence-electron chi connectivity index (χ3n) is 3.96. The van der Waals surface area contributed by atoms with Crippen LogP contribution in [0.4, 0.5) is 4.39 Å². The Morgan fingerprint density at radius 1 is 1.16 bits per heavy atom. The highest BCUT2D eigenvalue weighted by Gasteiger charge is 2.14. The highest BCUT2D eigenvalue weighted by Crippen LogP contribution is 2.23. The molecular weight excluding hydrogens is 341 g/mol. The van der Waals surface area contributed by atoms with Gasteiger partial charge in [0.25, 0.3) is 0 Å². The number of hydrogen-bond donors (Lipinski definition) is 1. The first-order chi connectivity index (χ1) is 12.1. The molecule has 0 radical (unpaired) electrons. The second kappa shape index (κ2) is 7.68. The lowest BCUT2D eigenvalue weighted by Crippen LogP contribution is -2.13. The molecular formula is C19H19ClFN3O. The van der Waals surface area contributed by atoms with Crippen molar-refractivity contribution in [3.8, 4) is 11.4 Å². The van der Waals surface area contributed by atoms with Crippen molar-refractivity contribution in [2.24, 2.45) is 0 Å². The zero-order valence-corrected chi connectivity index (χ0v) is 14.8. The van der Waals surface area contributed by atoms with E-state index in [9.17, 15) is 4.39 Å². The molecule has 0 bridgehead atoms. The monoisotopic (exact) mass is 359 g/mol. The average molecular weight is 360 g/mol. The van der Waals surface area contributed by atoms with Crippen LogP contribution in [0.25, 0.3) is 5.69 Å². The van der Waals surface area contributed by atoms with E-state index < -0.39 is 0 Å². The lowest BCUT2D eigenvalue weighted by Gasteiger charge is -2.07. The Morgan fingerprint density at radius 3 is 2.64 bits per heavy atom. The quantitative estimate of drug-likeness (QED) is 0.714. The van der Waals surface area contributed by atoms with Crippen LogP contribution in [0.3, 0.4) is 0 Å². The Hall–Kier alpha value is -2.37. The summed E-state index contributed by atoms with van der Waals surface area (Å²) >= 11 is 6.48. The van der Waals surface area contributed by atoms with Crippen molar-refractivity contribution in [2.45, 2.75) is 20.0 Å². The van der Waals surface area contributed by atoms with Crippen molar-refractivity contribution in [3.63, 3.8) is 0 Å². The van der Waals surface area contributed by atoms with Crippen molar-refractivity contribution < 1.29 is 9.13 Å². The van der Waals surface area contributed by atoms with Crippen LogP contribution in [0.5, 0.6) is 5.75 Å². The summed E-state index contributed by atoms with van der Waals surface area (Å²) in [7, 11) is 1.65. The number of hydrogen-bond acceptors (Lipinski definition) is 3. The van der Waals surface area contributed by atoms with E-state index in [1.807, 2.05) is 31.2 Å². The Labute approximate surface area is 151 Å². The van der Waals surface area contributed by atoms with Crippen molar-refractivity contribution in [2.75, 3.05) is 7.11 Å². The summed E-state index contributed by atoms with van der Waals surface area (Å²) in [6, 6.07) is 14.0. The molecule has 4 nitrogen and oxygen atoms in total. The van der Waals surface area contributed by atoms with Gasteiger partial charge in [-0.3, -0.25) is 0 Å². The van der Waals surface area contributed by atoms with E-state index in [0.717, 1.165) is 28.3 Å². The minimum absolute atomic E-state index is 0.288. The predicted molar refractivity (Wildman–Crippen MR) is 96.8 cm³/mol. The predicted octanol–water partition coefficient (Wildman–Crippen LogP) is 4.27. The van der Waals surface area contributed by atoms with Crippen LogP contribution in [0.1, 0.15) is 16.8 Å². The molecule has 0 saturated carbocycles. The molecule has 0 amide bonds. The van der Waals surface area contributed by atoms with Crippen LogP contribution in [0.2, 0.25) is 5.15 Å². The van der Waals surface area contributed by atoms with E-state index >= 15 is 0 Å². The Morgan fingerprint density at radius 2 is 1.92 bits per heavy atom. The maximum atomic E-state index is 13.1. The minimum Gasteiger partial charge on any atom is -0.497 e. The summed E-state index contributed by atoms with van der Waals surface area (Å²) in [6.07, 6.45) is 0. The van der Waals surface area contributed by atoms with Gasteiger partial charge in [0.1, 0.15) is 16.7 Å². The average Bonchev–Trinajstić information content (AvgIpc) is 2.91. The molecule has 1 heterocycles. The number of aryl methyl sites for hydroxylation is 1. The van der Waals surface area contributed by atoms with Gasteiger partial charge < -0.3 is 10.1 Å². The zero-order valence-electron chi connectivity index (χ0n) is 14.1. The molecule has 0 fully saturated rings. The van der Waals surface area contributed by atoms with Gasteiger partial charge in [0.15, 0.2) is 0 Å². The molecule has 1 aromatic heterocycles. The maximum Gasteiger partial charge on any atom is 0.137 e. The maximum absolute atomic E-state index is 13.1. The van der Waals surface area contributed by atoms with E-state index in [0.29, 0.717) is 18.2 Å². The Balaban J connectivity index is 1.71. The van der Waals surface area contributed by atoms with Crippen molar-refractivity contribution in [1.29, 1.82) is 0 Å². The van der Waals surface area contributed by atoms with Crippen LogP contribution in [-0.4, -0.2) is 16.9 Å². The molecule has 3 rings (SSSR count). The van der Waals surface area contributed by atoms with Gasteiger partial charge in [-0.15, -0.1) is 0 Å². The molecule has 0 atom stereocenters. The van der Waals surface area contributed by atoms with Crippen LogP contribution >= 0.6 is 11.6 Å². The molecule has 0 aliphatic carbocycles. The van der Waals surface area contributed by atoms with E-state index in [2.05, 4.69) is 10.4 Å². The first kappa shape index (κ1) is 17.5. The summed E-state index contributed by atoms with van der Waals surface area (Å²) in [5, 5.41) is 8.37. The molecule has 2 aromatic carbocycles. The first-order valence-electron chi connectivity index (χ1n) is 7.92. The zero-order chi connectivity index (χ0) is 17.8. The third kappa shape index (κ3) is 4.00. The van der Waals surface area contributed by atoms with Gasteiger partial charge in [-0.2, -0.15) is 5.10 Å². The van der Waals surface area contributed by atoms with Crippen LogP contribution in [0, 0.1) is 12.7 Å². The smallest absolute Gasteiger partial charge is 0.137 e. The number of nitrogens with one attached hydrogen (secondary N) is 1. The van der Waals surface area contributed by atoms with Gasteiger partial charge in [-0.05, 0) is 48.9 Å². The molecule has 0 spiro atoms. The molecule has 0 aliphatic heterocycles. The van der Waals surface area contributed by atoms with Gasteiger partial charge >= 0.3 is 0 Å². The molecule has 3 aromatic rings. The number of rotatable bonds is 6. The number of benzene rings is 2. The van der Waals surface area contributed by atoms with Crippen LogP contribution in [0.15, 0.2) is 48.5 Å². The normalized spacial score (nSPS) is 10.9. The van der Waals surface area contributed by atoms with Gasteiger partial charge in [0, 0.05) is 18.7 Å². The lowest BCUT2D eigenvalue weighted by molar-refractivity contribution is 0.414. The summed E-state index contributed by atoms with van der Waals surface area (Å²) in [5.74, 6) is 0.543. The number of nitrogens with zero attached hydrogens (tertiary/aromatic N) is 2. The fourth-order valence-corrected chi connectivity index (χ4v) is 2.94. The van der Waals surface area contributed by atoms with E-state index in [1.54, 1.807) is 23.9 Å². The lowest BCUT2D eigenvalue weighted by atomic mass is 10.2. The van der Waals surface area contributed by atoms with Gasteiger partial charge in [-0.1, -0.05) is 23.7 Å². The Bertz CT molecular complexity index is 862. The molecule has 130 valence electrons. The van der Waals surface area contributed by atoms with E-state index in [4.69, 9.17) is 16.3 Å². The summed E-state index contributed by atoms with van der Waals surface area (Å²) < 4.78 is 19.9. The van der Waals surface area contributed by atoms with Crippen molar-refractivity contribution >= 4 is 11.6 Å². The summed E-state index contributed by atoms with van der Waals surface area (Å²) in [4.78, 5) is 0. The number of aromatic nitrogens is 2. The topological polar surface area (TPSA) is 39.1 Å². The Kier molecular flexibility index (Phi) is 5.36. The summed E-state index contributed by atoms with van der Waals surface area (Å²) in [6.45, 7) is 3.19. The van der Waals surface area contributed by atoms with Crippen molar-refractivity contribution in [3.05, 3.63) is 76.3 Å². The number of halogens is 2. The second-order valence-corrected chi connectivity index (χ2v) is 6.06. The van der Waals surface area contributed by atoms with Gasteiger partial charge in [0.2, 0.25) is 0 Å². The number of methoxy groups -OCH3 is 1. The molecule has 6 heteroatoms. The van der Waals surface area contributed by atoms with Crippen molar-refractivity contribution in [1.82, 2.24) is 15.1 Å². The minimum atomic E-state index is -0.288. The second-order valence-electron chi connectivity index (χ2n) is 5.70. The van der Waals surface area contributed by atoms with E-state index in [-0.39, 0.29) is 5.82 Å². The molecule has 0 saturated heterocycles. The highest BCUT2D eigenvalue weighted by molar-refractivity contribution is 6.30. The largest absolute Gasteiger partial charge is 0.497 e. The highest BCUT2D eigenvalue weighted by atomic mass is 35.5.